The van der Waals surface area contributed by atoms with E-state index >= 15 is 0 Å². The number of hydrogen-bond donors (Lipinski definition) is 5. The number of nitrogens with zero attached hydrogens (tertiary/aromatic N) is 1. The Kier molecular flexibility index (Phi) is 6.91. The largest absolute Gasteiger partial charge is 0.462 e. The molecular formula is C17H24N2O9. The fraction of sp³-hybridized carbons (Fsp3) is 0.588. The van der Waals surface area contributed by atoms with Gasteiger partial charge in [0.15, 0.2) is 5.60 Å². The molecule has 0 bridgehead atoms. The van der Waals surface area contributed by atoms with Crippen LogP contribution in [0.15, 0.2) is 24.3 Å². The van der Waals surface area contributed by atoms with Gasteiger partial charge in [-0.2, -0.15) is 0 Å². The van der Waals surface area contributed by atoms with Crippen LogP contribution in [-0.2, 0) is 9.53 Å². The highest BCUT2D eigenvalue weighted by atomic mass is 16.7. The van der Waals surface area contributed by atoms with E-state index in [4.69, 9.17) is 15.2 Å². The molecule has 1 unspecified atom stereocenters. The molecule has 0 aromatic heterocycles. The zero-order chi connectivity index (χ0) is 21.1. The van der Waals surface area contributed by atoms with Crippen molar-refractivity contribution in [1.29, 1.82) is 0 Å². The van der Waals surface area contributed by atoms with E-state index in [1.54, 1.807) is 6.92 Å². The van der Waals surface area contributed by atoms with Crippen molar-refractivity contribution in [2.24, 2.45) is 11.7 Å². The first-order valence-electron chi connectivity index (χ1n) is 8.72. The lowest BCUT2D eigenvalue weighted by atomic mass is 9.74. The summed E-state index contributed by atoms with van der Waals surface area (Å²) in [7, 11) is 0. The molecule has 1 saturated heterocycles. The van der Waals surface area contributed by atoms with Crippen LogP contribution < -0.4 is 10.5 Å². The SMILES string of the molecule is CCCC(C(N)=O)[C@]1(O)[C@@H](Oc2ccc([N+](=O)[O-])cc2)O[C@H](CO)[C@H](O)[C@@H]1O. The second-order valence-corrected chi connectivity index (χ2v) is 6.62. The Morgan fingerprint density at radius 2 is 2.00 bits per heavy atom. The highest BCUT2D eigenvalue weighted by molar-refractivity contribution is 5.78. The molecular weight excluding hydrogens is 376 g/mol. The number of nitro groups is 1. The van der Waals surface area contributed by atoms with Gasteiger partial charge >= 0.3 is 0 Å². The van der Waals surface area contributed by atoms with Crippen molar-refractivity contribution in [3.05, 3.63) is 34.4 Å². The molecule has 0 saturated carbocycles. The van der Waals surface area contributed by atoms with Gasteiger partial charge in [0.25, 0.3) is 5.69 Å². The monoisotopic (exact) mass is 400 g/mol. The van der Waals surface area contributed by atoms with Crippen LogP contribution >= 0.6 is 0 Å². The minimum absolute atomic E-state index is 0.0361. The molecule has 1 aliphatic heterocycles. The standard InChI is InChI=1S/C17H24N2O9/c1-2-3-11(15(18)23)17(24)14(22)13(21)12(8-20)28-16(17)27-10-6-4-9(5-7-10)19(25)26/h4-7,11-14,16,20-22,24H,2-3,8H2,1H3,(H2,18,23)/t11?,12-,13+,14+,16+,17-/m1/s1. The van der Waals surface area contributed by atoms with Gasteiger partial charge in [-0.15, -0.1) is 0 Å². The predicted octanol–water partition coefficient (Wildman–Crippen LogP) is -0.955. The van der Waals surface area contributed by atoms with E-state index in [1.807, 2.05) is 0 Å². The van der Waals surface area contributed by atoms with Gasteiger partial charge in [-0.05, 0) is 18.6 Å². The molecule has 0 aliphatic carbocycles. The number of carbonyl (C=O) groups excluding carboxylic acids is 1. The van der Waals surface area contributed by atoms with Crippen molar-refractivity contribution in [1.82, 2.24) is 0 Å². The van der Waals surface area contributed by atoms with Crippen LogP contribution in [-0.4, -0.2) is 68.1 Å². The van der Waals surface area contributed by atoms with Crippen LogP contribution in [0.3, 0.4) is 0 Å². The molecule has 1 amide bonds. The maximum absolute atomic E-state index is 11.9. The fourth-order valence-electron chi connectivity index (χ4n) is 3.27. The van der Waals surface area contributed by atoms with Crippen molar-refractivity contribution in [3.8, 4) is 5.75 Å². The Morgan fingerprint density at radius 1 is 1.39 bits per heavy atom. The fourth-order valence-corrected chi connectivity index (χ4v) is 3.27. The van der Waals surface area contributed by atoms with E-state index in [0.717, 1.165) is 12.1 Å². The number of amides is 1. The Hall–Kier alpha value is -2.31. The number of hydrogen-bond acceptors (Lipinski definition) is 9. The molecule has 0 radical (unpaired) electrons. The minimum atomic E-state index is -2.42. The molecule has 11 heteroatoms. The molecule has 1 aromatic carbocycles. The van der Waals surface area contributed by atoms with E-state index in [9.17, 15) is 35.3 Å². The molecule has 11 nitrogen and oxygen atoms in total. The first kappa shape index (κ1) is 22.0. The number of rotatable bonds is 8. The van der Waals surface area contributed by atoms with Gasteiger partial charge in [0.2, 0.25) is 12.2 Å². The van der Waals surface area contributed by atoms with E-state index in [-0.39, 0.29) is 17.9 Å². The smallest absolute Gasteiger partial charge is 0.269 e. The van der Waals surface area contributed by atoms with Crippen molar-refractivity contribution in [2.75, 3.05) is 6.61 Å². The molecule has 1 heterocycles. The molecule has 2 rings (SSSR count). The Morgan fingerprint density at radius 3 is 2.46 bits per heavy atom. The number of ether oxygens (including phenoxy) is 2. The van der Waals surface area contributed by atoms with Crippen molar-refractivity contribution in [3.63, 3.8) is 0 Å². The Balaban J connectivity index is 2.42. The van der Waals surface area contributed by atoms with Gasteiger partial charge in [0.1, 0.15) is 24.1 Å². The lowest BCUT2D eigenvalue weighted by Crippen LogP contribution is -2.72. The predicted molar refractivity (Wildman–Crippen MR) is 94.0 cm³/mol. The average Bonchev–Trinajstić information content (AvgIpc) is 2.66. The van der Waals surface area contributed by atoms with Gasteiger partial charge in [0.05, 0.1) is 17.4 Å². The quantitative estimate of drug-likeness (QED) is 0.271. The summed E-state index contributed by atoms with van der Waals surface area (Å²) in [4.78, 5) is 22.1. The van der Waals surface area contributed by atoms with Crippen molar-refractivity contribution >= 4 is 11.6 Å². The Labute approximate surface area is 160 Å². The lowest BCUT2D eigenvalue weighted by molar-refractivity contribution is -0.384. The van der Waals surface area contributed by atoms with Crippen LogP contribution in [0.5, 0.6) is 5.75 Å². The van der Waals surface area contributed by atoms with Crippen molar-refractivity contribution in [2.45, 2.75) is 50.0 Å². The first-order valence-corrected chi connectivity index (χ1v) is 8.72. The molecule has 6 N–H and O–H groups in total. The number of primary amides is 1. The molecule has 28 heavy (non-hydrogen) atoms. The van der Waals surface area contributed by atoms with Gasteiger partial charge in [-0.1, -0.05) is 13.3 Å². The first-order chi connectivity index (χ1) is 13.2. The van der Waals surface area contributed by atoms with Gasteiger partial charge in [-0.3, -0.25) is 14.9 Å². The number of nitro benzene ring substituents is 1. The summed E-state index contributed by atoms with van der Waals surface area (Å²) in [6.07, 6.45) is -6.10. The van der Waals surface area contributed by atoms with Crippen molar-refractivity contribution < 1.29 is 39.6 Å². The number of nitrogens with two attached hydrogens (primary N) is 1. The highest BCUT2D eigenvalue weighted by Crippen LogP contribution is 2.39. The molecule has 0 spiro atoms. The third kappa shape index (κ3) is 4.08. The van der Waals surface area contributed by atoms with E-state index in [2.05, 4.69) is 0 Å². The third-order valence-electron chi connectivity index (χ3n) is 4.80. The maximum Gasteiger partial charge on any atom is 0.269 e. The van der Waals surface area contributed by atoms with Gasteiger partial charge in [0, 0.05) is 12.1 Å². The summed E-state index contributed by atoms with van der Waals surface area (Å²) in [6, 6.07) is 4.80. The van der Waals surface area contributed by atoms with E-state index in [1.165, 1.54) is 12.1 Å². The van der Waals surface area contributed by atoms with Crippen LogP contribution in [0.2, 0.25) is 0 Å². The lowest BCUT2D eigenvalue weighted by Gasteiger charge is -2.50. The number of carbonyl (C=O) groups is 1. The minimum Gasteiger partial charge on any atom is -0.462 e. The number of aliphatic hydroxyl groups excluding tert-OH is 3. The number of non-ortho nitro benzene ring substituents is 1. The maximum atomic E-state index is 11.9. The highest BCUT2D eigenvalue weighted by Gasteiger charge is 2.61. The van der Waals surface area contributed by atoms with Crippen LogP contribution in [0.1, 0.15) is 19.8 Å². The second-order valence-electron chi connectivity index (χ2n) is 6.62. The van der Waals surface area contributed by atoms with Gasteiger partial charge < -0.3 is 35.6 Å². The summed E-state index contributed by atoms with van der Waals surface area (Å²) < 4.78 is 11.0. The number of aliphatic hydroxyl groups is 4. The molecule has 1 aliphatic rings. The zero-order valence-electron chi connectivity index (χ0n) is 15.2. The van der Waals surface area contributed by atoms with Crippen LogP contribution in [0, 0.1) is 16.0 Å². The van der Waals surface area contributed by atoms with E-state index < -0.39 is 53.6 Å². The van der Waals surface area contributed by atoms with Crippen LogP contribution in [0.25, 0.3) is 0 Å². The van der Waals surface area contributed by atoms with Crippen LogP contribution in [0.4, 0.5) is 5.69 Å². The second kappa shape index (κ2) is 8.80. The molecule has 6 atom stereocenters. The zero-order valence-corrected chi connectivity index (χ0v) is 15.2. The number of benzene rings is 1. The Bertz CT molecular complexity index is 698. The third-order valence-corrected chi connectivity index (χ3v) is 4.80. The molecule has 1 aromatic rings. The topological polar surface area (TPSA) is 186 Å². The van der Waals surface area contributed by atoms with E-state index in [0.29, 0.717) is 6.42 Å². The summed E-state index contributed by atoms with van der Waals surface area (Å²) in [5.74, 6) is -2.22. The molecule has 1 fully saturated rings. The average molecular weight is 400 g/mol. The summed E-state index contributed by atoms with van der Waals surface area (Å²) >= 11 is 0. The summed E-state index contributed by atoms with van der Waals surface area (Å²) in [5.41, 5.74) is 2.78. The summed E-state index contributed by atoms with van der Waals surface area (Å²) in [6.45, 7) is 1.04. The van der Waals surface area contributed by atoms with Gasteiger partial charge in [-0.25, -0.2) is 0 Å². The normalized spacial score (nSPS) is 31.2. The molecule has 156 valence electrons. The summed E-state index contributed by atoms with van der Waals surface area (Å²) in [5, 5.41) is 52.1.